The topological polar surface area (TPSA) is 67.4 Å². The van der Waals surface area contributed by atoms with Crippen LogP contribution < -0.4 is 10.6 Å². The molecule has 1 aromatic rings. The van der Waals surface area contributed by atoms with E-state index in [2.05, 4.69) is 17.2 Å². The summed E-state index contributed by atoms with van der Waals surface area (Å²) in [5.41, 5.74) is 1.10. The highest BCUT2D eigenvalue weighted by Crippen LogP contribution is 2.33. The summed E-state index contributed by atoms with van der Waals surface area (Å²) >= 11 is 6.03. The molecule has 2 amide bonds. The summed E-state index contributed by atoms with van der Waals surface area (Å²) in [4.78, 5) is 24.4. The molecule has 1 aliphatic heterocycles. The second-order valence-corrected chi connectivity index (χ2v) is 6.41. The van der Waals surface area contributed by atoms with E-state index in [0.717, 1.165) is 31.2 Å². The first kappa shape index (κ1) is 15.9. The molecule has 2 atom stereocenters. The third kappa shape index (κ3) is 3.50. The van der Waals surface area contributed by atoms with Gasteiger partial charge in [0.2, 0.25) is 0 Å². The predicted octanol–water partition coefficient (Wildman–Crippen LogP) is 3.31. The fourth-order valence-corrected chi connectivity index (χ4v) is 3.38. The van der Waals surface area contributed by atoms with Crippen LogP contribution in [0.15, 0.2) is 36.5 Å². The van der Waals surface area contributed by atoms with Crippen LogP contribution >= 0.6 is 11.6 Å². The number of hydrogen-bond donors (Lipinski definition) is 2. The molecule has 0 bridgehead atoms. The van der Waals surface area contributed by atoms with E-state index in [1.54, 1.807) is 18.2 Å². The maximum absolute atomic E-state index is 12.6. The minimum Gasteiger partial charge on any atom is -0.462 e. The van der Waals surface area contributed by atoms with Gasteiger partial charge in [-0.15, -0.1) is 0 Å². The fraction of sp³-hybridized carbons (Fsp3) is 0.412. The summed E-state index contributed by atoms with van der Waals surface area (Å²) in [5.74, 6) is -1.04. The largest absolute Gasteiger partial charge is 0.462 e. The third-order valence-electron chi connectivity index (χ3n) is 4.32. The second-order valence-electron chi connectivity index (χ2n) is 5.98. The molecule has 1 aliphatic carbocycles. The first-order valence-corrected chi connectivity index (χ1v) is 8.14. The molecule has 2 aliphatic rings. The average Bonchev–Trinajstić information content (AvgIpc) is 2.99. The first-order chi connectivity index (χ1) is 11.0. The molecule has 0 aromatic heterocycles. The van der Waals surface area contributed by atoms with E-state index in [0.29, 0.717) is 10.7 Å². The lowest BCUT2D eigenvalue weighted by Crippen LogP contribution is -2.51. The molecule has 122 valence electrons. The quantitative estimate of drug-likeness (QED) is 0.833. The highest BCUT2D eigenvalue weighted by Gasteiger charge is 2.40. The Kier molecular flexibility index (Phi) is 4.57. The number of rotatable bonds is 3. The van der Waals surface area contributed by atoms with Crippen LogP contribution in [0.5, 0.6) is 0 Å². The lowest BCUT2D eigenvalue weighted by molar-refractivity contribution is -0.153. The maximum atomic E-state index is 12.6. The van der Waals surface area contributed by atoms with Crippen molar-refractivity contribution < 1.29 is 14.3 Å². The molecule has 0 spiro atoms. The van der Waals surface area contributed by atoms with E-state index in [9.17, 15) is 9.59 Å². The van der Waals surface area contributed by atoms with Crippen molar-refractivity contribution in [1.29, 1.82) is 0 Å². The van der Waals surface area contributed by atoms with Crippen LogP contribution in [0.1, 0.15) is 37.3 Å². The van der Waals surface area contributed by atoms with Crippen LogP contribution in [-0.4, -0.2) is 18.1 Å². The average molecular weight is 335 g/mol. The summed E-state index contributed by atoms with van der Waals surface area (Å²) in [7, 11) is 0. The van der Waals surface area contributed by atoms with E-state index < -0.39 is 12.0 Å². The Morgan fingerprint density at radius 1 is 1.30 bits per heavy atom. The molecule has 2 N–H and O–H groups in total. The Hall–Kier alpha value is -2.01. The Bertz CT molecular complexity index is 640. The van der Waals surface area contributed by atoms with Gasteiger partial charge in [-0.1, -0.05) is 30.3 Å². The van der Waals surface area contributed by atoms with Gasteiger partial charge in [-0.2, -0.15) is 0 Å². The van der Waals surface area contributed by atoms with Gasteiger partial charge in [0.05, 0.1) is 6.04 Å². The van der Waals surface area contributed by atoms with Gasteiger partial charge in [-0.05, 0) is 43.4 Å². The SMILES string of the molecule is C=C1NC(=O)NC(c2cccc(Cl)c2)C1C(=O)OC1CCCC1. The lowest BCUT2D eigenvalue weighted by atomic mass is 9.89. The highest BCUT2D eigenvalue weighted by molar-refractivity contribution is 6.30. The monoisotopic (exact) mass is 334 g/mol. The van der Waals surface area contributed by atoms with E-state index in [4.69, 9.17) is 16.3 Å². The number of amides is 2. The molecule has 1 saturated heterocycles. The number of nitrogens with one attached hydrogen (secondary N) is 2. The molecule has 6 heteroatoms. The molecule has 1 saturated carbocycles. The zero-order chi connectivity index (χ0) is 16.4. The third-order valence-corrected chi connectivity index (χ3v) is 4.55. The summed E-state index contributed by atoms with van der Waals surface area (Å²) < 4.78 is 5.61. The van der Waals surface area contributed by atoms with Gasteiger partial charge in [0.15, 0.2) is 0 Å². The van der Waals surface area contributed by atoms with Crippen LogP contribution in [-0.2, 0) is 9.53 Å². The van der Waals surface area contributed by atoms with Crippen molar-refractivity contribution in [2.45, 2.75) is 37.8 Å². The summed E-state index contributed by atoms with van der Waals surface area (Å²) in [5, 5.41) is 5.89. The minimum absolute atomic E-state index is 0.0343. The van der Waals surface area contributed by atoms with Crippen LogP contribution in [0.3, 0.4) is 0 Å². The van der Waals surface area contributed by atoms with Gasteiger partial charge in [-0.25, -0.2) is 4.79 Å². The molecule has 23 heavy (non-hydrogen) atoms. The standard InChI is InChI=1S/C17H19ClN2O3/c1-10-14(16(21)23-13-7-2-3-8-13)15(20-17(22)19-10)11-5-4-6-12(18)9-11/h4-6,9,13-15H,1-3,7-8H2,(H2,19,20,22). The molecule has 2 fully saturated rings. The molecular weight excluding hydrogens is 316 g/mol. The van der Waals surface area contributed by atoms with Crippen molar-refractivity contribution in [2.24, 2.45) is 5.92 Å². The van der Waals surface area contributed by atoms with Gasteiger partial charge < -0.3 is 15.4 Å². The molecule has 2 unspecified atom stereocenters. The van der Waals surface area contributed by atoms with Gasteiger partial charge >= 0.3 is 12.0 Å². The van der Waals surface area contributed by atoms with Crippen LogP contribution in [0.4, 0.5) is 4.79 Å². The smallest absolute Gasteiger partial charge is 0.319 e. The van der Waals surface area contributed by atoms with E-state index in [-0.39, 0.29) is 18.1 Å². The van der Waals surface area contributed by atoms with Gasteiger partial charge in [0, 0.05) is 10.7 Å². The number of benzene rings is 1. The summed E-state index contributed by atoms with van der Waals surface area (Å²) in [6.45, 7) is 3.83. The molecular formula is C17H19ClN2O3. The minimum atomic E-state index is -0.674. The Labute approximate surface area is 140 Å². The molecule has 1 heterocycles. The normalized spacial score (nSPS) is 24.9. The Balaban J connectivity index is 1.85. The van der Waals surface area contributed by atoms with Crippen molar-refractivity contribution in [3.63, 3.8) is 0 Å². The van der Waals surface area contributed by atoms with Crippen molar-refractivity contribution in [1.82, 2.24) is 10.6 Å². The highest BCUT2D eigenvalue weighted by atomic mass is 35.5. The lowest BCUT2D eigenvalue weighted by Gasteiger charge is -2.34. The number of carbonyl (C=O) groups is 2. The van der Waals surface area contributed by atoms with Crippen LogP contribution in [0.25, 0.3) is 0 Å². The number of urea groups is 1. The number of halogens is 1. The van der Waals surface area contributed by atoms with Crippen molar-refractivity contribution in [3.8, 4) is 0 Å². The first-order valence-electron chi connectivity index (χ1n) is 7.77. The van der Waals surface area contributed by atoms with E-state index in [1.807, 2.05) is 6.07 Å². The van der Waals surface area contributed by atoms with Crippen molar-refractivity contribution in [3.05, 3.63) is 47.1 Å². The van der Waals surface area contributed by atoms with Crippen molar-refractivity contribution in [2.75, 3.05) is 0 Å². The number of ether oxygens (including phenoxy) is 1. The van der Waals surface area contributed by atoms with Crippen molar-refractivity contribution >= 4 is 23.6 Å². The van der Waals surface area contributed by atoms with E-state index in [1.165, 1.54) is 0 Å². The Morgan fingerprint density at radius 3 is 2.74 bits per heavy atom. The number of hydrogen-bond acceptors (Lipinski definition) is 3. The number of carbonyl (C=O) groups excluding carboxylic acids is 2. The fourth-order valence-electron chi connectivity index (χ4n) is 3.18. The molecule has 5 nitrogen and oxygen atoms in total. The van der Waals surface area contributed by atoms with Crippen LogP contribution in [0, 0.1) is 5.92 Å². The molecule has 1 aromatic carbocycles. The summed E-state index contributed by atoms with van der Waals surface area (Å²) in [6, 6.07) is 6.17. The van der Waals surface area contributed by atoms with Crippen LogP contribution in [0.2, 0.25) is 5.02 Å². The zero-order valence-electron chi connectivity index (χ0n) is 12.7. The van der Waals surface area contributed by atoms with Gasteiger partial charge in [0.1, 0.15) is 12.0 Å². The number of esters is 1. The zero-order valence-corrected chi connectivity index (χ0v) is 13.4. The molecule has 0 radical (unpaired) electrons. The maximum Gasteiger partial charge on any atom is 0.319 e. The van der Waals surface area contributed by atoms with Gasteiger partial charge in [-0.3, -0.25) is 4.79 Å². The summed E-state index contributed by atoms with van der Waals surface area (Å²) in [6.07, 6.45) is 3.92. The molecule has 3 rings (SSSR count). The van der Waals surface area contributed by atoms with Gasteiger partial charge in [0.25, 0.3) is 0 Å². The predicted molar refractivity (Wildman–Crippen MR) is 86.8 cm³/mol. The van der Waals surface area contributed by atoms with E-state index >= 15 is 0 Å². The Morgan fingerprint density at radius 2 is 2.04 bits per heavy atom. The second kappa shape index (κ2) is 6.62.